The van der Waals surface area contributed by atoms with Crippen LogP contribution in [0.4, 0.5) is 0 Å². The first-order valence-corrected chi connectivity index (χ1v) is 11.6. The number of amides is 1. The Hall–Kier alpha value is -2.90. The number of carbonyl (C=O) groups is 1. The molecule has 1 N–H and O–H groups in total. The van der Waals surface area contributed by atoms with E-state index in [1.54, 1.807) is 11.3 Å². The first kappa shape index (κ1) is 20.4. The van der Waals surface area contributed by atoms with E-state index in [1.807, 2.05) is 78.2 Å². The van der Waals surface area contributed by atoms with Gasteiger partial charge in [0, 0.05) is 6.54 Å². The van der Waals surface area contributed by atoms with Crippen LogP contribution in [0.2, 0.25) is 0 Å². The lowest BCUT2D eigenvalue weighted by molar-refractivity contribution is -0.119. The fraction of sp³-hybridized carbons (Fsp3) is 0.174. The molecule has 0 aliphatic heterocycles. The molecule has 0 fully saturated rings. The Morgan fingerprint density at radius 2 is 1.67 bits per heavy atom. The third kappa shape index (κ3) is 4.63. The fourth-order valence-electron chi connectivity index (χ4n) is 3.25. The molecule has 2 aromatic heterocycles. The Kier molecular flexibility index (Phi) is 6.61. The fourth-order valence-corrected chi connectivity index (χ4v) is 4.78. The van der Waals surface area contributed by atoms with E-state index in [-0.39, 0.29) is 17.7 Å². The van der Waals surface area contributed by atoms with E-state index >= 15 is 0 Å². The summed E-state index contributed by atoms with van der Waals surface area (Å²) in [6.07, 6.45) is 0. The van der Waals surface area contributed by atoms with Crippen LogP contribution in [-0.4, -0.2) is 26.4 Å². The number of hydrogen-bond acceptors (Lipinski definition) is 5. The van der Waals surface area contributed by atoms with E-state index in [0.29, 0.717) is 0 Å². The Morgan fingerprint density at radius 1 is 1.00 bits per heavy atom. The zero-order valence-corrected chi connectivity index (χ0v) is 18.2. The minimum absolute atomic E-state index is 0.0407. The van der Waals surface area contributed by atoms with Crippen LogP contribution in [0.25, 0.3) is 10.7 Å². The standard InChI is InChI=1S/C23H22N4OS2/c1-2-27-22(19-14-9-15-29-19)25-26-23(27)30-16-20(28)24-21(17-10-5-3-6-11-17)18-12-7-4-8-13-18/h3-15,21H,2,16H2,1H3,(H,24,28). The topological polar surface area (TPSA) is 59.8 Å². The van der Waals surface area contributed by atoms with Crippen molar-refractivity contribution in [2.45, 2.75) is 24.7 Å². The summed E-state index contributed by atoms with van der Waals surface area (Å²) in [5.41, 5.74) is 2.11. The highest BCUT2D eigenvalue weighted by Gasteiger charge is 2.19. The first-order chi connectivity index (χ1) is 14.8. The van der Waals surface area contributed by atoms with Crippen molar-refractivity contribution in [1.82, 2.24) is 20.1 Å². The van der Waals surface area contributed by atoms with Crippen molar-refractivity contribution >= 4 is 29.0 Å². The molecule has 7 heteroatoms. The lowest BCUT2D eigenvalue weighted by atomic mass is 9.99. The van der Waals surface area contributed by atoms with Crippen LogP contribution in [-0.2, 0) is 11.3 Å². The van der Waals surface area contributed by atoms with E-state index in [4.69, 9.17) is 0 Å². The zero-order valence-electron chi connectivity index (χ0n) is 16.6. The van der Waals surface area contributed by atoms with Gasteiger partial charge in [-0.1, -0.05) is 78.5 Å². The largest absolute Gasteiger partial charge is 0.344 e. The van der Waals surface area contributed by atoms with E-state index < -0.39 is 0 Å². The first-order valence-electron chi connectivity index (χ1n) is 9.75. The second kappa shape index (κ2) is 9.73. The van der Waals surface area contributed by atoms with Gasteiger partial charge < -0.3 is 9.88 Å². The van der Waals surface area contributed by atoms with Crippen LogP contribution in [0.3, 0.4) is 0 Å². The average molecular weight is 435 g/mol. The second-order valence-corrected chi connectivity index (χ2v) is 8.53. The molecule has 30 heavy (non-hydrogen) atoms. The van der Waals surface area contributed by atoms with Gasteiger partial charge in [0.2, 0.25) is 5.91 Å². The summed E-state index contributed by atoms with van der Waals surface area (Å²) >= 11 is 3.05. The minimum Gasteiger partial charge on any atom is -0.344 e. The molecule has 0 saturated carbocycles. The van der Waals surface area contributed by atoms with Crippen molar-refractivity contribution < 1.29 is 4.79 Å². The minimum atomic E-state index is -0.189. The van der Waals surface area contributed by atoms with Crippen LogP contribution >= 0.6 is 23.1 Å². The van der Waals surface area contributed by atoms with Crippen LogP contribution in [0.1, 0.15) is 24.1 Å². The monoisotopic (exact) mass is 434 g/mol. The lowest BCUT2D eigenvalue weighted by Gasteiger charge is -2.19. The van der Waals surface area contributed by atoms with Gasteiger partial charge in [-0.3, -0.25) is 4.79 Å². The molecule has 0 bridgehead atoms. The van der Waals surface area contributed by atoms with Gasteiger partial charge in [-0.25, -0.2) is 0 Å². The van der Waals surface area contributed by atoms with E-state index in [2.05, 4.69) is 27.0 Å². The molecule has 1 amide bonds. The Morgan fingerprint density at radius 3 is 2.23 bits per heavy atom. The molecular weight excluding hydrogens is 412 g/mol. The van der Waals surface area contributed by atoms with Crippen LogP contribution in [0, 0.1) is 0 Å². The number of nitrogens with zero attached hydrogens (tertiary/aromatic N) is 3. The SMILES string of the molecule is CCn1c(SCC(=O)NC(c2ccccc2)c2ccccc2)nnc1-c1cccs1. The van der Waals surface area contributed by atoms with Crippen molar-refractivity contribution in [2.24, 2.45) is 0 Å². The van der Waals surface area contributed by atoms with E-state index in [0.717, 1.165) is 33.5 Å². The molecule has 5 nitrogen and oxygen atoms in total. The average Bonchev–Trinajstić information content (AvgIpc) is 3.46. The van der Waals surface area contributed by atoms with Crippen molar-refractivity contribution in [3.8, 4) is 10.7 Å². The number of carbonyl (C=O) groups excluding carboxylic acids is 1. The molecule has 0 aliphatic rings. The van der Waals surface area contributed by atoms with E-state index in [9.17, 15) is 4.79 Å². The number of thiophene rings is 1. The maximum atomic E-state index is 12.8. The Labute approximate surface area is 184 Å². The van der Waals surface area contributed by atoms with Gasteiger partial charge in [0.1, 0.15) is 0 Å². The summed E-state index contributed by atoms with van der Waals surface area (Å²) in [6.45, 7) is 2.81. The molecule has 0 aliphatic carbocycles. The number of aromatic nitrogens is 3. The number of rotatable bonds is 8. The van der Waals surface area contributed by atoms with Gasteiger partial charge in [0.05, 0.1) is 16.7 Å². The molecular formula is C23H22N4OS2. The van der Waals surface area contributed by atoms with Crippen LogP contribution in [0.15, 0.2) is 83.3 Å². The number of thioether (sulfide) groups is 1. The molecule has 0 spiro atoms. The van der Waals surface area contributed by atoms with Crippen LogP contribution < -0.4 is 5.32 Å². The lowest BCUT2D eigenvalue weighted by Crippen LogP contribution is -2.30. The number of nitrogens with one attached hydrogen (secondary N) is 1. The summed E-state index contributed by atoms with van der Waals surface area (Å²) in [6, 6.07) is 23.9. The number of benzene rings is 2. The molecule has 4 rings (SSSR count). The second-order valence-electron chi connectivity index (χ2n) is 6.64. The number of hydrogen-bond donors (Lipinski definition) is 1. The van der Waals surface area contributed by atoms with Gasteiger partial charge in [-0.2, -0.15) is 0 Å². The third-order valence-electron chi connectivity index (χ3n) is 4.68. The summed E-state index contributed by atoms with van der Waals surface area (Å²) in [5, 5.41) is 14.6. The van der Waals surface area contributed by atoms with Gasteiger partial charge in [0.25, 0.3) is 0 Å². The Balaban J connectivity index is 1.47. The highest BCUT2D eigenvalue weighted by atomic mass is 32.2. The van der Waals surface area contributed by atoms with E-state index in [1.165, 1.54) is 11.8 Å². The van der Waals surface area contributed by atoms with Crippen molar-refractivity contribution in [1.29, 1.82) is 0 Å². The van der Waals surface area contributed by atoms with Crippen molar-refractivity contribution in [3.63, 3.8) is 0 Å². The molecule has 0 unspecified atom stereocenters. The van der Waals surface area contributed by atoms with Gasteiger partial charge >= 0.3 is 0 Å². The smallest absolute Gasteiger partial charge is 0.231 e. The molecule has 2 aromatic carbocycles. The third-order valence-corrected chi connectivity index (χ3v) is 6.51. The molecule has 4 aromatic rings. The highest BCUT2D eigenvalue weighted by Crippen LogP contribution is 2.27. The summed E-state index contributed by atoms with van der Waals surface area (Å²) in [7, 11) is 0. The predicted molar refractivity (Wildman–Crippen MR) is 123 cm³/mol. The van der Waals surface area contributed by atoms with Crippen molar-refractivity contribution in [3.05, 3.63) is 89.3 Å². The van der Waals surface area contributed by atoms with Crippen LogP contribution in [0.5, 0.6) is 0 Å². The normalized spacial score (nSPS) is 11.0. The molecule has 0 radical (unpaired) electrons. The quantitative estimate of drug-likeness (QED) is 0.395. The molecule has 2 heterocycles. The van der Waals surface area contributed by atoms with Gasteiger partial charge in [-0.05, 0) is 29.5 Å². The van der Waals surface area contributed by atoms with Gasteiger partial charge in [0.15, 0.2) is 11.0 Å². The Bertz CT molecular complexity index is 1040. The van der Waals surface area contributed by atoms with Crippen molar-refractivity contribution in [2.75, 3.05) is 5.75 Å². The summed E-state index contributed by atoms with van der Waals surface area (Å²) < 4.78 is 2.05. The predicted octanol–water partition coefficient (Wildman–Crippen LogP) is 5.02. The zero-order chi connectivity index (χ0) is 20.8. The maximum Gasteiger partial charge on any atom is 0.231 e. The molecule has 0 atom stereocenters. The highest BCUT2D eigenvalue weighted by molar-refractivity contribution is 7.99. The summed E-state index contributed by atoms with van der Waals surface area (Å²) in [5.74, 6) is 1.08. The summed E-state index contributed by atoms with van der Waals surface area (Å²) in [4.78, 5) is 13.9. The van der Waals surface area contributed by atoms with Gasteiger partial charge in [-0.15, -0.1) is 21.5 Å². The maximum absolute atomic E-state index is 12.8. The molecule has 0 saturated heterocycles. The molecule has 152 valence electrons.